The van der Waals surface area contributed by atoms with E-state index in [0.29, 0.717) is 12.0 Å². The van der Waals surface area contributed by atoms with E-state index in [-0.39, 0.29) is 59.7 Å². The van der Waals surface area contributed by atoms with E-state index >= 15 is 4.79 Å². The summed E-state index contributed by atoms with van der Waals surface area (Å²) < 4.78 is 6.44. The topological polar surface area (TPSA) is 125 Å². The molecule has 242 valence electrons. The molecule has 5 unspecified atom stereocenters. The summed E-state index contributed by atoms with van der Waals surface area (Å²) in [5.41, 5.74) is -1.21. The lowest BCUT2D eigenvalue weighted by atomic mass is 9.39. The van der Waals surface area contributed by atoms with E-state index in [1.807, 2.05) is 54.5 Å². The number of aromatic hydroxyl groups is 2. The van der Waals surface area contributed by atoms with Gasteiger partial charge in [-0.2, -0.15) is 0 Å². The minimum absolute atomic E-state index is 0.00894. The van der Waals surface area contributed by atoms with Crippen LogP contribution in [0.15, 0.2) is 68.9 Å². The summed E-state index contributed by atoms with van der Waals surface area (Å²) >= 11 is 0. The monoisotopic (exact) mass is 616 g/mol. The second-order valence-electron chi connectivity index (χ2n) is 14.6. The summed E-state index contributed by atoms with van der Waals surface area (Å²) in [4.78, 5) is 44.8. The molecule has 7 heteroatoms. The zero-order chi connectivity index (χ0) is 33.8. The van der Waals surface area contributed by atoms with E-state index < -0.39 is 51.0 Å². The summed E-state index contributed by atoms with van der Waals surface area (Å²) in [5.74, 6) is -2.41. The van der Waals surface area contributed by atoms with Crippen LogP contribution in [-0.2, 0) is 10.2 Å². The maximum absolute atomic E-state index is 15.5. The highest BCUT2D eigenvalue weighted by atomic mass is 16.3. The smallest absolute Gasteiger partial charge is 0.204 e. The summed E-state index contributed by atoms with van der Waals surface area (Å²) in [5, 5.41) is 31.4. The Balaban J connectivity index is 2.16. The van der Waals surface area contributed by atoms with E-state index in [1.165, 1.54) is 0 Å². The van der Waals surface area contributed by atoms with Crippen LogP contribution < -0.4 is 5.43 Å². The predicted octanol–water partition coefficient (Wildman–Crippen LogP) is 7.86. The number of allylic oxidation sites excluding steroid dienone is 5. The molecular formula is C38H48O7. The summed E-state index contributed by atoms with van der Waals surface area (Å²) in [7, 11) is 0. The van der Waals surface area contributed by atoms with Gasteiger partial charge in [0.1, 0.15) is 16.9 Å². The molecule has 5 atom stereocenters. The standard InChI is InChI=1S/C38H48O7/c1-20(2)11-12-25-19-37(18-24(22(5)6)15-27(39)23(7)8)33(43)31-32(42)26-16-28(40)29(41)17-30(26)45-34(31)38(35(37)44,36(25,9)10)14-13-21(3)4/h11,13,16-17,24-25,27,39-41H,5,7,12,14-15,18-19H2,1-4,6,8-10H3. The number of phenols is 2. The third-order valence-corrected chi connectivity index (χ3v) is 10.6. The van der Waals surface area contributed by atoms with E-state index in [1.54, 1.807) is 6.92 Å². The summed E-state index contributed by atoms with van der Waals surface area (Å²) in [6, 6.07) is 2.26. The second-order valence-corrected chi connectivity index (χ2v) is 14.6. The van der Waals surface area contributed by atoms with Crippen molar-refractivity contribution in [1.29, 1.82) is 0 Å². The summed E-state index contributed by atoms with van der Waals surface area (Å²) in [6.07, 6.45) is 4.61. The average Bonchev–Trinajstić information content (AvgIpc) is 2.93. The van der Waals surface area contributed by atoms with Gasteiger partial charge in [0.25, 0.3) is 0 Å². The van der Waals surface area contributed by atoms with Crippen LogP contribution in [0.3, 0.4) is 0 Å². The Bertz CT molecular complexity index is 1710. The van der Waals surface area contributed by atoms with Crippen molar-refractivity contribution in [3.05, 3.63) is 81.3 Å². The first-order valence-corrected chi connectivity index (χ1v) is 15.7. The average molecular weight is 617 g/mol. The highest BCUT2D eigenvalue weighted by Crippen LogP contribution is 2.66. The van der Waals surface area contributed by atoms with Gasteiger partial charge in [0.2, 0.25) is 5.43 Å². The van der Waals surface area contributed by atoms with Gasteiger partial charge in [-0.25, -0.2) is 0 Å². The number of rotatable bonds is 10. The van der Waals surface area contributed by atoms with Gasteiger partial charge in [-0.1, -0.05) is 61.4 Å². The molecule has 1 heterocycles. The molecular weight excluding hydrogens is 568 g/mol. The Hall–Kier alpha value is -3.71. The Morgan fingerprint density at radius 1 is 0.978 bits per heavy atom. The van der Waals surface area contributed by atoms with Crippen molar-refractivity contribution in [2.45, 2.75) is 99.0 Å². The fraction of sp³-hybridized carbons (Fsp3) is 0.500. The van der Waals surface area contributed by atoms with Crippen LogP contribution in [0.5, 0.6) is 11.5 Å². The molecule has 4 rings (SSSR count). The zero-order valence-electron chi connectivity index (χ0n) is 28.0. The number of benzene rings is 1. The molecule has 0 saturated heterocycles. The van der Waals surface area contributed by atoms with Crippen LogP contribution >= 0.6 is 0 Å². The molecule has 1 saturated carbocycles. The maximum atomic E-state index is 15.5. The molecule has 2 aliphatic carbocycles. The number of hydrogen-bond acceptors (Lipinski definition) is 7. The molecule has 1 aromatic carbocycles. The number of fused-ring (bicyclic) bond motifs is 5. The predicted molar refractivity (Wildman–Crippen MR) is 178 cm³/mol. The highest BCUT2D eigenvalue weighted by Gasteiger charge is 2.72. The van der Waals surface area contributed by atoms with Gasteiger partial charge in [-0.3, -0.25) is 14.4 Å². The largest absolute Gasteiger partial charge is 0.504 e. The van der Waals surface area contributed by atoms with Crippen LogP contribution in [0.2, 0.25) is 0 Å². The van der Waals surface area contributed by atoms with Crippen LogP contribution in [0.1, 0.15) is 104 Å². The normalized spacial score (nSPS) is 24.9. The maximum Gasteiger partial charge on any atom is 0.204 e. The van der Waals surface area contributed by atoms with Crippen molar-refractivity contribution in [1.82, 2.24) is 0 Å². The zero-order valence-corrected chi connectivity index (χ0v) is 28.0. The molecule has 2 bridgehead atoms. The molecule has 0 spiro atoms. The third-order valence-electron chi connectivity index (χ3n) is 10.6. The number of ketones is 2. The number of phenolic OH excluding ortho intramolecular Hbond substituents is 2. The lowest BCUT2D eigenvalue weighted by molar-refractivity contribution is -0.152. The first kappa shape index (κ1) is 34.2. The van der Waals surface area contributed by atoms with Crippen molar-refractivity contribution in [3.63, 3.8) is 0 Å². The van der Waals surface area contributed by atoms with Gasteiger partial charge in [-0.15, -0.1) is 0 Å². The van der Waals surface area contributed by atoms with Crippen LogP contribution in [-0.4, -0.2) is 33.0 Å². The molecule has 45 heavy (non-hydrogen) atoms. The van der Waals surface area contributed by atoms with Crippen molar-refractivity contribution in [3.8, 4) is 11.5 Å². The van der Waals surface area contributed by atoms with Gasteiger partial charge in [0.15, 0.2) is 23.1 Å². The lowest BCUT2D eigenvalue weighted by Crippen LogP contribution is -2.68. The molecule has 3 N–H and O–H groups in total. The number of Topliss-reactive ketones (excluding diaryl/α,β-unsaturated/α-hetero) is 2. The first-order chi connectivity index (χ1) is 20.8. The number of hydrogen-bond donors (Lipinski definition) is 3. The van der Waals surface area contributed by atoms with Gasteiger partial charge in [0.05, 0.1) is 22.3 Å². The first-order valence-electron chi connectivity index (χ1n) is 15.7. The molecule has 0 aliphatic heterocycles. The quantitative estimate of drug-likeness (QED) is 0.141. The molecule has 2 aromatic rings. The Kier molecular flexibility index (Phi) is 9.04. The minimum atomic E-state index is -1.59. The number of carbonyl (C=O) groups is 2. The van der Waals surface area contributed by atoms with Crippen LogP contribution in [0.25, 0.3) is 11.0 Å². The Morgan fingerprint density at radius 2 is 1.58 bits per heavy atom. The third kappa shape index (κ3) is 5.43. The van der Waals surface area contributed by atoms with Crippen LogP contribution in [0.4, 0.5) is 0 Å². The second kappa shape index (κ2) is 11.9. The van der Waals surface area contributed by atoms with Crippen molar-refractivity contribution in [2.75, 3.05) is 0 Å². The SMILES string of the molecule is C=C(C)C(O)CC(CC12CC(CC=C(C)C)C(C)(C)C(CC=C(C)C)(C1=O)c1oc3cc(O)c(O)cc3c(=O)c1C2=O)C(=C)C. The van der Waals surface area contributed by atoms with Gasteiger partial charge in [-0.05, 0) is 97.0 Å². The van der Waals surface area contributed by atoms with Crippen LogP contribution in [0, 0.1) is 22.7 Å². The highest BCUT2D eigenvalue weighted by molar-refractivity contribution is 6.23. The number of aliphatic hydroxyl groups excluding tert-OH is 1. The minimum Gasteiger partial charge on any atom is -0.504 e. The molecule has 7 nitrogen and oxygen atoms in total. The van der Waals surface area contributed by atoms with Gasteiger partial charge < -0.3 is 19.7 Å². The van der Waals surface area contributed by atoms with E-state index in [0.717, 1.165) is 28.9 Å². The Morgan fingerprint density at radius 3 is 2.13 bits per heavy atom. The fourth-order valence-electron chi connectivity index (χ4n) is 7.55. The molecule has 0 radical (unpaired) electrons. The Labute approximate surface area is 266 Å². The van der Waals surface area contributed by atoms with Gasteiger partial charge in [0, 0.05) is 6.07 Å². The molecule has 2 aliphatic rings. The molecule has 0 amide bonds. The van der Waals surface area contributed by atoms with E-state index in [9.17, 15) is 24.9 Å². The van der Waals surface area contributed by atoms with Crippen molar-refractivity contribution < 1.29 is 29.3 Å². The fourth-order valence-corrected chi connectivity index (χ4v) is 7.55. The van der Waals surface area contributed by atoms with Crippen molar-refractivity contribution >= 4 is 22.5 Å². The van der Waals surface area contributed by atoms with Crippen molar-refractivity contribution in [2.24, 2.45) is 22.7 Å². The number of carbonyl (C=O) groups excluding carboxylic acids is 2. The van der Waals surface area contributed by atoms with E-state index in [4.69, 9.17) is 4.42 Å². The lowest BCUT2D eigenvalue weighted by Gasteiger charge is -2.60. The molecule has 1 fully saturated rings. The van der Waals surface area contributed by atoms with E-state index in [2.05, 4.69) is 19.2 Å². The molecule has 1 aromatic heterocycles. The number of aliphatic hydroxyl groups is 1. The summed E-state index contributed by atoms with van der Waals surface area (Å²) in [6.45, 7) is 23.6. The van der Waals surface area contributed by atoms with Gasteiger partial charge >= 0.3 is 0 Å².